The van der Waals surface area contributed by atoms with Crippen LogP contribution in [0.1, 0.15) is 57.1 Å². The van der Waals surface area contributed by atoms with Gasteiger partial charge in [-0.25, -0.2) is 16.8 Å². The van der Waals surface area contributed by atoms with Crippen LogP contribution in [0.2, 0.25) is 0 Å². The van der Waals surface area contributed by atoms with Crippen LogP contribution >= 0.6 is 0 Å². The van der Waals surface area contributed by atoms with E-state index in [1.807, 2.05) is 6.92 Å². The molecule has 2 aromatic carbocycles. The standard InChI is InChI=1S/C29H42N4O8S2/c1-20(2)19-33(43(40,41)24-14-10-22(4)11-15-24)26(29(36)37)7-5-6-18-31-28(35)25(16-17-27(30)34)32-42(38,39)23-12-8-21(3)9-13-23/h8-15,20,25-26,32H,5-7,16-19H2,1-4H3,(H2,30,34)(H,31,35)(H,36,37)/t25-,26-/m0/s1. The van der Waals surface area contributed by atoms with E-state index in [1.165, 1.54) is 24.3 Å². The maximum atomic E-state index is 13.4. The Labute approximate surface area is 254 Å². The first-order valence-electron chi connectivity index (χ1n) is 14.0. The molecule has 0 saturated carbocycles. The molecule has 5 N–H and O–H groups in total. The zero-order chi connectivity index (χ0) is 32.4. The Bertz CT molecular complexity index is 1460. The predicted octanol–water partition coefficient (Wildman–Crippen LogP) is 2.30. The summed E-state index contributed by atoms with van der Waals surface area (Å²) in [5, 5.41) is 12.6. The number of nitrogens with zero attached hydrogens (tertiary/aromatic N) is 1. The second-order valence-electron chi connectivity index (χ2n) is 10.9. The van der Waals surface area contributed by atoms with Gasteiger partial charge < -0.3 is 16.2 Å². The van der Waals surface area contributed by atoms with E-state index in [1.54, 1.807) is 45.0 Å². The molecule has 2 rings (SSSR count). The van der Waals surface area contributed by atoms with Gasteiger partial charge in [0.2, 0.25) is 31.9 Å². The lowest BCUT2D eigenvalue weighted by Crippen LogP contribution is -2.47. The average molecular weight is 639 g/mol. The third kappa shape index (κ3) is 11.0. The van der Waals surface area contributed by atoms with Crippen molar-refractivity contribution in [3.63, 3.8) is 0 Å². The molecule has 2 aromatic rings. The van der Waals surface area contributed by atoms with Crippen molar-refractivity contribution in [3.05, 3.63) is 59.7 Å². The molecule has 0 aliphatic carbocycles. The van der Waals surface area contributed by atoms with Crippen molar-refractivity contribution in [2.24, 2.45) is 11.7 Å². The third-order valence-electron chi connectivity index (χ3n) is 6.63. The monoisotopic (exact) mass is 638 g/mol. The lowest BCUT2D eigenvalue weighted by Gasteiger charge is -2.29. The Hall–Kier alpha value is -3.33. The molecule has 14 heteroatoms. The Morgan fingerprint density at radius 3 is 1.88 bits per heavy atom. The number of nitrogens with one attached hydrogen (secondary N) is 2. The van der Waals surface area contributed by atoms with Gasteiger partial charge in [-0.2, -0.15) is 9.03 Å². The summed E-state index contributed by atoms with van der Waals surface area (Å²) in [5.41, 5.74) is 6.93. The molecule has 0 unspecified atom stereocenters. The Kier molecular flexibility index (Phi) is 13.3. The summed E-state index contributed by atoms with van der Waals surface area (Å²) in [6.07, 6.45) is 0.164. The van der Waals surface area contributed by atoms with Crippen molar-refractivity contribution in [1.29, 1.82) is 0 Å². The van der Waals surface area contributed by atoms with E-state index in [0.717, 1.165) is 15.4 Å². The van der Waals surface area contributed by atoms with Crippen LogP contribution in [-0.2, 0) is 34.4 Å². The number of nitrogens with two attached hydrogens (primary N) is 1. The molecule has 12 nitrogen and oxygen atoms in total. The molecular formula is C29H42N4O8S2. The number of sulfonamides is 2. The number of hydrogen-bond donors (Lipinski definition) is 4. The number of benzene rings is 2. The minimum Gasteiger partial charge on any atom is -0.480 e. The van der Waals surface area contributed by atoms with Crippen molar-refractivity contribution in [2.45, 2.75) is 81.7 Å². The zero-order valence-corrected chi connectivity index (χ0v) is 26.6. The van der Waals surface area contributed by atoms with E-state index >= 15 is 0 Å². The Balaban J connectivity index is 2.07. The number of carbonyl (C=O) groups is 3. The number of hydrogen-bond acceptors (Lipinski definition) is 7. The number of aliphatic carboxylic acids is 1. The highest BCUT2D eigenvalue weighted by atomic mass is 32.2. The van der Waals surface area contributed by atoms with Gasteiger partial charge in [0.15, 0.2) is 0 Å². The number of carboxylic acid groups (broad SMARTS) is 1. The first-order chi connectivity index (χ1) is 20.0. The first-order valence-corrected chi connectivity index (χ1v) is 16.9. The van der Waals surface area contributed by atoms with E-state index in [4.69, 9.17) is 5.73 Å². The second-order valence-corrected chi connectivity index (χ2v) is 14.5. The van der Waals surface area contributed by atoms with Crippen LogP contribution in [0, 0.1) is 19.8 Å². The molecule has 2 atom stereocenters. The first kappa shape index (κ1) is 35.9. The van der Waals surface area contributed by atoms with E-state index in [2.05, 4.69) is 10.0 Å². The molecule has 0 bridgehead atoms. The number of carbonyl (C=O) groups excluding carboxylic acids is 2. The number of primary amides is 1. The fourth-order valence-corrected chi connectivity index (χ4v) is 7.30. The maximum absolute atomic E-state index is 13.4. The average Bonchev–Trinajstić information content (AvgIpc) is 2.91. The quantitative estimate of drug-likeness (QED) is 0.179. The number of aryl methyl sites for hydroxylation is 2. The molecule has 238 valence electrons. The Morgan fingerprint density at radius 1 is 0.860 bits per heavy atom. The molecule has 0 fully saturated rings. The van der Waals surface area contributed by atoms with Gasteiger partial charge in [0.05, 0.1) is 9.79 Å². The minimum absolute atomic E-state index is 0.00578. The summed E-state index contributed by atoms with van der Waals surface area (Å²) in [6, 6.07) is 9.65. The predicted molar refractivity (Wildman–Crippen MR) is 162 cm³/mol. The van der Waals surface area contributed by atoms with Crippen molar-refractivity contribution < 1.29 is 36.3 Å². The SMILES string of the molecule is Cc1ccc(S(=O)(=O)N[C@@H](CCC(N)=O)C(=O)NCCCC[C@@H](C(=O)O)N(CC(C)C)S(=O)(=O)c2ccc(C)cc2)cc1. The molecule has 0 radical (unpaired) electrons. The van der Waals surface area contributed by atoms with Crippen LogP contribution in [0.3, 0.4) is 0 Å². The molecule has 0 spiro atoms. The minimum atomic E-state index is -4.10. The highest BCUT2D eigenvalue weighted by Gasteiger charge is 2.36. The molecule has 43 heavy (non-hydrogen) atoms. The highest BCUT2D eigenvalue weighted by molar-refractivity contribution is 7.89. The van der Waals surface area contributed by atoms with Crippen LogP contribution in [-0.4, -0.2) is 69.2 Å². The third-order valence-corrected chi connectivity index (χ3v) is 10.0. The summed E-state index contributed by atoms with van der Waals surface area (Å²) in [5.74, 6) is -2.78. The number of amides is 2. The van der Waals surface area contributed by atoms with Gasteiger partial charge in [-0.3, -0.25) is 14.4 Å². The molecule has 2 amide bonds. The van der Waals surface area contributed by atoms with Crippen LogP contribution in [0.15, 0.2) is 58.3 Å². The molecule has 0 aromatic heterocycles. The van der Waals surface area contributed by atoms with Crippen LogP contribution in [0.5, 0.6) is 0 Å². The largest absolute Gasteiger partial charge is 0.480 e. The van der Waals surface area contributed by atoms with Gasteiger partial charge >= 0.3 is 5.97 Å². The van der Waals surface area contributed by atoms with Crippen molar-refractivity contribution >= 4 is 37.8 Å². The lowest BCUT2D eigenvalue weighted by molar-refractivity contribution is -0.142. The van der Waals surface area contributed by atoms with Crippen LogP contribution in [0.25, 0.3) is 0 Å². The summed E-state index contributed by atoms with van der Waals surface area (Å²) in [4.78, 5) is 36.4. The van der Waals surface area contributed by atoms with Gasteiger partial charge in [0.1, 0.15) is 12.1 Å². The van der Waals surface area contributed by atoms with Crippen molar-refractivity contribution in [3.8, 4) is 0 Å². The van der Waals surface area contributed by atoms with E-state index in [0.29, 0.717) is 6.42 Å². The molecule has 0 saturated heterocycles. The van der Waals surface area contributed by atoms with Crippen molar-refractivity contribution in [2.75, 3.05) is 13.1 Å². The molecular weight excluding hydrogens is 596 g/mol. The fraction of sp³-hybridized carbons (Fsp3) is 0.483. The Morgan fingerprint density at radius 2 is 1.40 bits per heavy atom. The summed E-state index contributed by atoms with van der Waals surface area (Å²) in [6.45, 7) is 7.30. The van der Waals surface area contributed by atoms with E-state index in [9.17, 15) is 36.3 Å². The molecule has 0 aliphatic rings. The number of unbranched alkanes of at least 4 members (excludes halogenated alkanes) is 1. The maximum Gasteiger partial charge on any atom is 0.322 e. The zero-order valence-electron chi connectivity index (χ0n) is 24.9. The van der Waals surface area contributed by atoms with Gasteiger partial charge in [0, 0.05) is 19.5 Å². The van der Waals surface area contributed by atoms with Crippen LogP contribution < -0.4 is 15.8 Å². The fourth-order valence-electron chi connectivity index (χ4n) is 4.29. The lowest BCUT2D eigenvalue weighted by atomic mass is 10.1. The second kappa shape index (κ2) is 15.9. The molecule has 0 heterocycles. The number of rotatable bonds is 18. The van der Waals surface area contributed by atoms with E-state index in [-0.39, 0.29) is 54.5 Å². The summed E-state index contributed by atoms with van der Waals surface area (Å²) < 4.78 is 55.9. The van der Waals surface area contributed by atoms with Gasteiger partial charge in [-0.1, -0.05) is 49.2 Å². The summed E-state index contributed by atoms with van der Waals surface area (Å²) >= 11 is 0. The van der Waals surface area contributed by atoms with E-state index < -0.39 is 49.9 Å². The van der Waals surface area contributed by atoms with Crippen LogP contribution in [0.4, 0.5) is 0 Å². The topological polar surface area (TPSA) is 193 Å². The summed E-state index contributed by atoms with van der Waals surface area (Å²) in [7, 11) is -8.18. The van der Waals surface area contributed by atoms with Gasteiger partial charge in [-0.15, -0.1) is 0 Å². The highest BCUT2D eigenvalue weighted by Crippen LogP contribution is 2.23. The smallest absolute Gasteiger partial charge is 0.322 e. The van der Waals surface area contributed by atoms with Gasteiger partial charge in [-0.05, 0) is 69.7 Å². The molecule has 0 aliphatic heterocycles. The van der Waals surface area contributed by atoms with Crippen molar-refractivity contribution in [1.82, 2.24) is 14.3 Å². The normalized spacial score (nSPS) is 13.5. The van der Waals surface area contributed by atoms with Gasteiger partial charge in [0.25, 0.3) is 0 Å². The number of carboxylic acids is 1.